The number of benzene rings is 1. The Labute approximate surface area is 124 Å². The lowest BCUT2D eigenvalue weighted by Crippen LogP contribution is -2.52. The van der Waals surface area contributed by atoms with Crippen LogP contribution in [0.4, 0.5) is 0 Å². The number of carbonyl (C=O) groups excluding carboxylic acids is 1. The van der Waals surface area contributed by atoms with Crippen LogP contribution in [-0.2, 0) is 4.74 Å². The molecule has 1 aliphatic rings. The Morgan fingerprint density at radius 2 is 2.10 bits per heavy atom. The van der Waals surface area contributed by atoms with Crippen molar-refractivity contribution in [3.05, 3.63) is 33.8 Å². The molecule has 1 aromatic rings. The molecule has 0 radical (unpaired) electrons. The number of amides is 1. The van der Waals surface area contributed by atoms with Crippen LogP contribution >= 0.6 is 11.6 Å². The Balaban J connectivity index is 2.28. The molecule has 0 bridgehead atoms. The summed E-state index contributed by atoms with van der Waals surface area (Å²) < 4.78 is 5.45. The van der Waals surface area contributed by atoms with Crippen molar-refractivity contribution in [1.29, 1.82) is 0 Å². The molecule has 0 aromatic heterocycles. The van der Waals surface area contributed by atoms with Crippen LogP contribution in [0.15, 0.2) is 12.1 Å². The molecule has 1 heterocycles. The maximum atomic E-state index is 12.7. The summed E-state index contributed by atoms with van der Waals surface area (Å²) in [6.45, 7) is 6.59. The van der Waals surface area contributed by atoms with Crippen molar-refractivity contribution in [2.24, 2.45) is 0 Å². The number of hydrogen-bond acceptors (Lipinski definition) is 3. The van der Waals surface area contributed by atoms with Crippen LogP contribution in [0.5, 0.6) is 0 Å². The first-order chi connectivity index (χ1) is 9.43. The van der Waals surface area contributed by atoms with Gasteiger partial charge in [-0.1, -0.05) is 11.6 Å². The standard InChI is InChI=1S/C15H20ClNO3/c1-9-4-13(14(16)5-10(9)2)15(19)17-6-12(7-18)20-8-11(17)3/h4-5,11-12,18H,6-8H2,1-3H3. The number of aliphatic hydroxyl groups is 1. The van der Waals surface area contributed by atoms with Gasteiger partial charge in [-0.25, -0.2) is 0 Å². The fourth-order valence-electron chi connectivity index (χ4n) is 2.31. The number of morpholine rings is 1. The van der Waals surface area contributed by atoms with E-state index in [9.17, 15) is 9.90 Å². The van der Waals surface area contributed by atoms with E-state index in [1.807, 2.05) is 32.9 Å². The van der Waals surface area contributed by atoms with Crippen LogP contribution < -0.4 is 0 Å². The summed E-state index contributed by atoms with van der Waals surface area (Å²) in [6, 6.07) is 3.62. The van der Waals surface area contributed by atoms with E-state index >= 15 is 0 Å². The molecule has 2 atom stereocenters. The summed E-state index contributed by atoms with van der Waals surface area (Å²) >= 11 is 6.21. The molecule has 5 heteroatoms. The van der Waals surface area contributed by atoms with E-state index in [1.165, 1.54) is 0 Å². The molecule has 1 saturated heterocycles. The van der Waals surface area contributed by atoms with Crippen LogP contribution in [-0.4, -0.2) is 47.8 Å². The monoisotopic (exact) mass is 297 g/mol. The quantitative estimate of drug-likeness (QED) is 0.910. The van der Waals surface area contributed by atoms with Gasteiger partial charge in [0.05, 0.1) is 35.9 Å². The van der Waals surface area contributed by atoms with Gasteiger partial charge in [-0.05, 0) is 44.0 Å². The molecule has 110 valence electrons. The number of aryl methyl sites for hydroxylation is 2. The summed E-state index contributed by atoms with van der Waals surface area (Å²) in [5, 5.41) is 9.66. The van der Waals surface area contributed by atoms with Gasteiger partial charge < -0.3 is 14.7 Å². The van der Waals surface area contributed by atoms with E-state index in [0.29, 0.717) is 23.7 Å². The molecule has 20 heavy (non-hydrogen) atoms. The van der Waals surface area contributed by atoms with Crippen molar-refractivity contribution < 1.29 is 14.6 Å². The number of halogens is 1. The predicted octanol–water partition coefficient (Wildman–Crippen LogP) is 2.18. The zero-order valence-corrected chi connectivity index (χ0v) is 12.8. The number of rotatable bonds is 2. The maximum Gasteiger partial charge on any atom is 0.255 e. The second-order valence-corrected chi connectivity index (χ2v) is 5.77. The first-order valence-corrected chi connectivity index (χ1v) is 7.12. The molecule has 2 rings (SSSR count). The Kier molecular flexibility index (Phi) is 4.68. The van der Waals surface area contributed by atoms with Gasteiger partial charge in [-0.15, -0.1) is 0 Å². The second-order valence-electron chi connectivity index (χ2n) is 5.36. The van der Waals surface area contributed by atoms with Crippen LogP contribution in [0.2, 0.25) is 5.02 Å². The van der Waals surface area contributed by atoms with Crippen molar-refractivity contribution >= 4 is 17.5 Å². The Bertz CT molecular complexity index is 518. The van der Waals surface area contributed by atoms with E-state index in [4.69, 9.17) is 16.3 Å². The lowest BCUT2D eigenvalue weighted by atomic mass is 10.0. The van der Waals surface area contributed by atoms with Crippen LogP contribution in [0.1, 0.15) is 28.4 Å². The largest absolute Gasteiger partial charge is 0.394 e. The number of aliphatic hydroxyl groups excluding tert-OH is 1. The SMILES string of the molecule is Cc1cc(Cl)c(C(=O)N2CC(CO)OCC2C)cc1C. The molecule has 0 spiro atoms. The van der Waals surface area contributed by atoms with Gasteiger partial charge in [0.1, 0.15) is 0 Å². The predicted molar refractivity (Wildman–Crippen MR) is 78.3 cm³/mol. The Morgan fingerprint density at radius 3 is 2.75 bits per heavy atom. The first kappa shape index (κ1) is 15.3. The number of ether oxygens (including phenoxy) is 1. The minimum Gasteiger partial charge on any atom is -0.394 e. The molecular weight excluding hydrogens is 278 g/mol. The van der Waals surface area contributed by atoms with Crippen molar-refractivity contribution in [1.82, 2.24) is 4.90 Å². The Morgan fingerprint density at radius 1 is 1.45 bits per heavy atom. The van der Waals surface area contributed by atoms with Gasteiger partial charge in [0.2, 0.25) is 0 Å². The highest BCUT2D eigenvalue weighted by Crippen LogP contribution is 2.24. The molecule has 1 N–H and O–H groups in total. The zero-order valence-electron chi connectivity index (χ0n) is 12.0. The Hall–Kier alpha value is -1.10. The molecule has 0 saturated carbocycles. The summed E-state index contributed by atoms with van der Waals surface area (Å²) in [4.78, 5) is 14.4. The zero-order chi connectivity index (χ0) is 14.9. The van der Waals surface area contributed by atoms with Crippen LogP contribution in [0.3, 0.4) is 0 Å². The van der Waals surface area contributed by atoms with Gasteiger partial charge in [-0.2, -0.15) is 0 Å². The van der Waals surface area contributed by atoms with Crippen LogP contribution in [0.25, 0.3) is 0 Å². The molecule has 4 nitrogen and oxygen atoms in total. The third-order valence-corrected chi connectivity index (χ3v) is 4.10. The minimum absolute atomic E-state index is 0.0250. The average Bonchev–Trinajstić information content (AvgIpc) is 2.42. The molecule has 2 unspecified atom stereocenters. The van der Waals surface area contributed by atoms with E-state index in [0.717, 1.165) is 11.1 Å². The van der Waals surface area contributed by atoms with Crippen LogP contribution in [0, 0.1) is 13.8 Å². The fraction of sp³-hybridized carbons (Fsp3) is 0.533. The lowest BCUT2D eigenvalue weighted by molar-refractivity contribution is -0.0667. The molecule has 1 amide bonds. The number of hydrogen-bond donors (Lipinski definition) is 1. The van der Waals surface area contributed by atoms with E-state index < -0.39 is 0 Å². The fourth-order valence-corrected chi connectivity index (χ4v) is 2.61. The normalized spacial score (nSPS) is 22.9. The highest BCUT2D eigenvalue weighted by molar-refractivity contribution is 6.34. The van der Waals surface area contributed by atoms with Crippen molar-refractivity contribution in [3.8, 4) is 0 Å². The number of nitrogens with zero attached hydrogens (tertiary/aromatic N) is 1. The summed E-state index contributed by atoms with van der Waals surface area (Å²) in [5.74, 6) is -0.104. The van der Waals surface area contributed by atoms with Crippen molar-refractivity contribution in [3.63, 3.8) is 0 Å². The third-order valence-electron chi connectivity index (χ3n) is 3.78. The van der Waals surface area contributed by atoms with Gasteiger partial charge >= 0.3 is 0 Å². The van der Waals surface area contributed by atoms with Crippen molar-refractivity contribution in [2.75, 3.05) is 19.8 Å². The topological polar surface area (TPSA) is 49.8 Å². The number of carbonyl (C=O) groups is 1. The summed E-state index contributed by atoms with van der Waals surface area (Å²) in [6.07, 6.45) is -0.319. The van der Waals surface area contributed by atoms with E-state index in [2.05, 4.69) is 0 Å². The lowest BCUT2D eigenvalue weighted by Gasteiger charge is -2.37. The highest BCUT2D eigenvalue weighted by Gasteiger charge is 2.30. The summed E-state index contributed by atoms with van der Waals surface area (Å²) in [7, 11) is 0. The van der Waals surface area contributed by atoms with E-state index in [1.54, 1.807) is 4.90 Å². The summed E-state index contributed by atoms with van der Waals surface area (Å²) in [5.41, 5.74) is 2.62. The van der Waals surface area contributed by atoms with Gasteiger partial charge in [0.25, 0.3) is 5.91 Å². The maximum absolute atomic E-state index is 12.7. The molecule has 0 aliphatic carbocycles. The van der Waals surface area contributed by atoms with Gasteiger partial charge in [-0.3, -0.25) is 4.79 Å². The average molecular weight is 298 g/mol. The van der Waals surface area contributed by atoms with E-state index in [-0.39, 0.29) is 24.7 Å². The molecule has 1 fully saturated rings. The van der Waals surface area contributed by atoms with Gasteiger partial charge in [0, 0.05) is 6.54 Å². The highest BCUT2D eigenvalue weighted by atomic mass is 35.5. The smallest absolute Gasteiger partial charge is 0.255 e. The first-order valence-electron chi connectivity index (χ1n) is 6.74. The minimum atomic E-state index is -0.319. The van der Waals surface area contributed by atoms with Gasteiger partial charge in [0.15, 0.2) is 0 Å². The molecular formula is C15H20ClNO3. The molecule has 1 aliphatic heterocycles. The van der Waals surface area contributed by atoms with Crippen molar-refractivity contribution in [2.45, 2.75) is 32.9 Å². The second kappa shape index (κ2) is 6.12. The third kappa shape index (κ3) is 2.97. The molecule has 1 aromatic carbocycles.